The summed E-state index contributed by atoms with van der Waals surface area (Å²) in [4.78, 5) is 18.2. The lowest BCUT2D eigenvalue weighted by Gasteiger charge is -2.11. The lowest BCUT2D eigenvalue weighted by atomic mass is 10.3. The first-order valence-corrected chi connectivity index (χ1v) is 7.56. The average Bonchev–Trinajstić information content (AvgIpc) is 2.87. The van der Waals surface area contributed by atoms with E-state index in [0.29, 0.717) is 25.2 Å². The Morgan fingerprint density at radius 2 is 2.04 bits per heavy atom. The van der Waals surface area contributed by atoms with E-state index >= 15 is 0 Å². The van der Waals surface area contributed by atoms with Gasteiger partial charge in [-0.1, -0.05) is 18.2 Å². The van der Waals surface area contributed by atoms with Gasteiger partial charge in [-0.15, -0.1) is 0 Å². The molecule has 2 aromatic heterocycles. The molecule has 0 aliphatic carbocycles. The first-order valence-electron chi connectivity index (χ1n) is 7.56. The first kappa shape index (κ1) is 15.3. The van der Waals surface area contributed by atoms with Crippen molar-refractivity contribution in [2.75, 3.05) is 25.5 Å². The molecule has 120 valence electrons. The third-order valence-electron chi connectivity index (χ3n) is 3.68. The number of para-hydroxylation sites is 2. The van der Waals surface area contributed by atoms with Crippen LogP contribution in [-0.2, 0) is 13.1 Å². The molecule has 0 atom stereocenters. The van der Waals surface area contributed by atoms with Crippen LogP contribution in [0.15, 0.2) is 51.8 Å². The van der Waals surface area contributed by atoms with Crippen molar-refractivity contribution in [3.8, 4) is 0 Å². The summed E-state index contributed by atoms with van der Waals surface area (Å²) < 4.78 is 6.86. The number of fused-ring (bicyclic) bond motifs is 1. The largest absolute Gasteiger partial charge is 0.419 e. The Morgan fingerprint density at radius 1 is 1.22 bits per heavy atom. The van der Waals surface area contributed by atoms with Gasteiger partial charge in [0.25, 0.3) is 0 Å². The zero-order valence-electron chi connectivity index (χ0n) is 13.3. The fourth-order valence-electron chi connectivity index (χ4n) is 2.44. The number of rotatable bonds is 6. The van der Waals surface area contributed by atoms with E-state index in [0.717, 1.165) is 16.9 Å². The van der Waals surface area contributed by atoms with Crippen LogP contribution in [0.5, 0.6) is 0 Å². The van der Waals surface area contributed by atoms with Crippen molar-refractivity contribution in [2.45, 2.75) is 13.1 Å². The lowest BCUT2D eigenvalue weighted by molar-refractivity contribution is 0.494. The molecular weight excluding hydrogens is 292 g/mol. The maximum absolute atomic E-state index is 11.9. The molecule has 0 amide bonds. The molecule has 1 aromatic carbocycles. The van der Waals surface area contributed by atoms with Crippen LogP contribution in [0.1, 0.15) is 5.56 Å². The summed E-state index contributed by atoms with van der Waals surface area (Å²) in [6, 6.07) is 11.5. The number of anilines is 1. The fraction of sp³-hybridized carbons (Fsp3) is 0.294. The maximum atomic E-state index is 11.9. The van der Waals surface area contributed by atoms with Crippen LogP contribution < -0.4 is 16.0 Å². The molecule has 0 spiro atoms. The standard InChI is InChI=1S/C17H20N4O2/c1-20(2)16-8-7-13(12-19-16)11-18-9-10-21-14-5-3-4-6-15(14)23-17(21)22/h3-8,12,18H,9-11H2,1-2H3. The summed E-state index contributed by atoms with van der Waals surface area (Å²) in [5.74, 6) is 0.621. The molecular formula is C17H20N4O2. The molecule has 3 rings (SSSR count). The molecule has 2 heterocycles. The summed E-state index contributed by atoms with van der Waals surface area (Å²) in [5.41, 5.74) is 2.57. The minimum Gasteiger partial charge on any atom is -0.408 e. The second kappa shape index (κ2) is 6.66. The highest BCUT2D eigenvalue weighted by Gasteiger charge is 2.07. The molecule has 0 radical (unpaired) electrons. The van der Waals surface area contributed by atoms with Crippen LogP contribution in [0, 0.1) is 0 Å². The van der Waals surface area contributed by atoms with E-state index < -0.39 is 0 Å². The smallest absolute Gasteiger partial charge is 0.408 e. The van der Waals surface area contributed by atoms with E-state index in [2.05, 4.69) is 16.4 Å². The van der Waals surface area contributed by atoms with E-state index in [1.54, 1.807) is 10.6 Å². The molecule has 0 fully saturated rings. The van der Waals surface area contributed by atoms with Crippen molar-refractivity contribution in [2.24, 2.45) is 0 Å². The quantitative estimate of drug-likeness (QED) is 0.704. The van der Waals surface area contributed by atoms with Gasteiger partial charge < -0.3 is 14.6 Å². The number of hydrogen-bond acceptors (Lipinski definition) is 5. The van der Waals surface area contributed by atoms with Crippen LogP contribution in [-0.4, -0.2) is 30.2 Å². The molecule has 0 saturated heterocycles. The van der Waals surface area contributed by atoms with Gasteiger partial charge in [0.2, 0.25) is 0 Å². The van der Waals surface area contributed by atoms with E-state index in [-0.39, 0.29) is 5.76 Å². The molecule has 0 unspecified atom stereocenters. The summed E-state index contributed by atoms with van der Waals surface area (Å²) in [6.45, 7) is 1.96. The molecule has 0 aliphatic rings. The van der Waals surface area contributed by atoms with Gasteiger partial charge in [-0.25, -0.2) is 9.78 Å². The van der Waals surface area contributed by atoms with Gasteiger partial charge in [0, 0.05) is 39.9 Å². The van der Waals surface area contributed by atoms with Crippen molar-refractivity contribution in [3.05, 3.63) is 58.7 Å². The Labute approximate surface area is 134 Å². The Hall–Kier alpha value is -2.60. The van der Waals surface area contributed by atoms with E-state index in [1.807, 2.05) is 49.5 Å². The van der Waals surface area contributed by atoms with Crippen molar-refractivity contribution < 1.29 is 4.42 Å². The molecule has 3 aromatic rings. The van der Waals surface area contributed by atoms with Gasteiger partial charge in [0.15, 0.2) is 5.58 Å². The molecule has 23 heavy (non-hydrogen) atoms. The Bertz CT molecular complexity index is 834. The van der Waals surface area contributed by atoms with E-state index in [4.69, 9.17) is 4.42 Å². The number of benzene rings is 1. The maximum Gasteiger partial charge on any atom is 0.419 e. The predicted molar refractivity (Wildman–Crippen MR) is 90.7 cm³/mol. The first-order chi connectivity index (χ1) is 11.1. The highest BCUT2D eigenvalue weighted by Crippen LogP contribution is 2.11. The fourth-order valence-corrected chi connectivity index (χ4v) is 2.44. The van der Waals surface area contributed by atoms with Gasteiger partial charge >= 0.3 is 5.76 Å². The monoisotopic (exact) mass is 312 g/mol. The predicted octanol–water partition coefficient (Wildman–Crippen LogP) is 1.85. The zero-order chi connectivity index (χ0) is 16.2. The Kier molecular flexibility index (Phi) is 4.43. The zero-order valence-corrected chi connectivity index (χ0v) is 13.3. The minimum absolute atomic E-state index is 0.315. The van der Waals surface area contributed by atoms with Crippen LogP contribution >= 0.6 is 0 Å². The third-order valence-corrected chi connectivity index (χ3v) is 3.68. The normalized spacial score (nSPS) is 11.0. The van der Waals surface area contributed by atoms with Gasteiger partial charge in [-0.3, -0.25) is 4.57 Å². The average molecular weight is 312 g/mol. The third kappa shape index (κ3) is 3.43. The number of aromatic nitrogens is 2. The number of hydrogen-bond donors (Lipinski definition) is 1. The Balaban J connectivity index is 1.57. The van der Waals surface area contributed by atoms with Crippen molar-refractivity contribution in [1.29, 1.82) is 0 Å². The topological polar surface area (TPSA) is 63.3 Å². The summed E-state index contributed by atoms with van der Waals surface area (Å²) in [5, 5.41) is 3.33. The van der Waals surface area contributed by atoms with E-state index in [9.17, 15) is 4.79 Å². The summed E-state index contributed by atoms with van der Waals surface area (Å²) in [6.07, 6.45) is 1.86. The van der Waals surface area contributed by atoms with Crippen molar-refractivity contribution in [1.82, 2.24) is 14.9 Å². The summed E-state index contributed by atoms with van der Waals surface area (Å²) in [7, 11) is 3.93. The highest BCUT2D eigenvalue weighted by atomic mass is 16.4. The molecule has 0 aliphatic heterocycles. The van der Waals surface area contributed by atoms with Crippen molar-refractivity contribution >= 4 is 16.9 Å². The second-order valence-electron chi connectivity index (χ2n) is 5.58. The van der Waals surface area contributed by atoms with Crippen LogP contribution in [0.3, 0.4) is 0 Å². The molecule has 1 N–H and O–H groups in total. The molecule has 6 nitrogen and oxygen atoms in total. The van der Waals surface area contributed by atoms with Gasteiger partial charge in [-0.05, 0) is 23.8 Å². The second-order valence-corrected chi connectivity index (χ2v) is 5.58. The van der Waals surface area contributed by atoms with Crippen LogP contribution in [0.4, 0.5) is 5.82 Å². The minimum atomic E-state index is -0.315. The number of pyridine rings is 1. The van der Waals surface area contributed by atoms with Gasteiger partial charge in [0.1, 0.15) is 5.82 Å². The Morgan fingerprint density at radius 3 is 2.78 bits per heavy atom. The molecule has 6 heteroatoms. The summed E-state index contributed by atoms with van der Waals surface area (Å²) >= 11 is 0. The molecule has 0 saturated carbocycles. The van der Waals surface area contributed by atoms with Gasteiger partial charge in [-0.2, -0.15) is 0 Å². The SMILES string of the molecule is CN(C)c1ccc(CNCCn2c(=O)oc3ccccc32)cn1. The molecule has 0 bridgehead atoms. The van der Waals surface area contributed by atoms with Gasteiger partial charge in [0.05, 0.1) is 5.52 Å². The van der Waals surface area contributed by atoms with E-state index in [1.165, 1.54) is 0 Å². The highest BCUT2D eigenvalue weighted by molar-refractivity contribution is 5.72. The number of oxazole rings is 1. The number of nitrogens with one attached hydrogen (secondary N) is 1. The number of nitrogens with zero attached hydrogens (tertiary/aromatic N) is 3. The van der Waals surface area contributed by atoms with Crippen LogP contribution in [0.25, 0.3) is 11.1 Å². The van der Waals surface area contributed by atoms with Crippen molar-refractivity contribution in [3.63, 3.8) is 0 Å². The lowest BCUT2D eigenvalue weighted by Crippen LogP contribution is -2.24. The van der Waals surface area contributed by atoms with Crippen LogP contribution in [0.2, 0.25) is 0 Å².